The van der Waals surface area contributed by atoms with Gasteiger partial charge in [-0.3, -0.25) is 4.79 Å². The van der Waals surface area contributed by atoms with Crippen LogP contribution in [0.2, 0.25) is 0 Å². The van der Waals surface area contributed by atoms with Gasteiger partial charge in [-0.15, -0.1) is 0 Å². The number of carbonyl (C=O) groups is 1. The number of hydrogen-bond donors (Lipinski definition) is 1. The van der Waals surface area contributed by atoms with Crippen LogP contribution >= 0.6 is 0 Å². The van der Waals surface area contributed by atoms with Crippen molar-refractivity contribution in [1.82, 2.24) is 5.32 Å². The zero-order chi connectivity index (χ0) is 17.0. The number of aryl methyl sites for hydroxylation is 3. The molecule has 0 radical (unpaired) electrons. The maximum Gasteiger partial charge on any atom is 0.261 e. The molecular weight excluding hydrogens is 286 g/mol. The number of carbonyl (C=O) groups excluding carboxylic acids is 1. The summed E-state index contributed by atoms with van der Waals surface area (Å²) in [6.07, 6.45) is -0.538. The van der Waals surface area contributed by atoms with E-state index in [0.29, 0.717) is 5.75 Å². The first-order chi connectivity index (χ1) is 10.9. The minimum absolute atomic E-state index is 0.0500. The summed E-state index contributed by atoms with van der Waals surface area (Å²) >= 11 is 0. The van der Waals surface area contributed by atoms with E-state index in [1.165, 1.54) is 11.1 Å². The van der Waals surface area contributed by atoms with Crippen LogP contribution in [-0.4, -0.2) is 12.0 Å². The molecule has 2 aromatic rings. The Bertz CT molecular complexity index is 694. The van der Waals surface area contributed by atoms with Gasteiger partial charge in [0.25, 0.3) is 5.91 Å². The monoisotopic (exact) mass is 311 g/mol. The number of ether oxygens (including phenoxy) is 1. The molecular formula is C20H25NO2. The van der Waals surface area contributed by atoms with Crippen LogP contribution in [0.1, 0.15) is 42.1 Å². The number of benzene rings is 2. The molecule has 0 heterocycles. The van der Waals surface area contributed by atoms with Crippen molar-refractivity contribution in [2.24, 2.45) is 0 Å². The highest BCUT2D eigenvalue weighted by atomic mass is 16.5. The lowest BCUT2D eigenvalue weighted by Crippen LogP contribution is -2.38. The molecule has 0 spiro atoms. The molecule has 0 fully saturated rings. The van der Waals surface area contributed by atoms with E-state index in [-0.39, 0.29) is 11.9 Å². The van der Waals surface area contributed by atoms with Gasteiger partial charge in [0.05, 0.1) is 6.04 Å². The summed E-state index contributed by atoms with van der Waals surface area (Å²) < 4.78 is 5.74. The van der Waals surface area contributed by atoms with Crippen molar-refractivity contribution in [2.75, 3.05) is 0 Å². The number of nitrogens with one attached hydrogen (secondary N) is 1. The SMILES string of the molecule is Cc1cccc(O[C@@H](C)C(=O)N[C@H](C)c2cc(C)ccc2C)c1. The van der Waals surface area contributed by atoms with Crippen molar-refractivity contribution in [2.45, 2.75) is 46.8 Å². The molecule has 0 aliphatic carbocycles. The van der Waals surface area contributed by atoms with Crippen LogP contribution in [0.4, 0.5) is 0 Å². The summed E-state index contributed by atoms with van der Waals surface area (Å²) in [6.45, 7) is 9.89. The van der Waals surface area contributed by atoms with Crippen molar-refractivity contribution in [3.63, 3.8) is 0 Å². The van der Waals surface area contributed by atoms with E-state index in [2.05, 4.69) is 37.4 Å². The lowest BCUT2D eigenvalue weighted by atomic mass is 10.00. The van der Waals surface area contributed by atoms with Crippen molar-refractivity contribution >= 4 is 5.91 Å². The molecule has 0 saturated heterocycles. The first-order valence-corrected chi connectivity index (χ1v) is 7.97. The quantitative estimate of drug-likeness (QED) is 0.896. The first kappa shape index (κ1) is 17.1. The van der Waals surface area contributed by atoms with E-state index in [0.717, 1.165) is 11.1 Å². The van der Waals surface area contributed by atoms with E-state index in [1.807, 2.05) is 38.1 Å². The third-order valence-corrected chi connectivity index (χ3v) is 3.93. The average molecular weight is 311 g/mol. The van der Waals surface area contributed by atoms with Crippen molar-refractivity contribution in [1.29, 1.82) is 0 Å². The number of amides is 1. The van der Waals surface area contributed by atoms with Gasteiger partial charge < -0.3 is 10.1 Å². The molecule has 2 atom stereocenters. The predicted octanol–water partition coefficient (Wildman–Crippen LogP) is 4.26. The van der Waals surface area contributed by atoms with Crippen molar-refractivity contribution in [3.05, 3.63) is 64.7 Å². The Labute approximate surface area is 138 Å². The Morgan fingerprint density at radius 1 is 1.00 bits per heavy atom. The van der Waals surface area contributed by atoms with E-state index >= 15 is 0 Å². The van der Waals surface area contributed by atoms with E-state index in [9.17, 15) is 4.79 Å². The van der Waals surface area contributed by atoms with Gasteiger partial charge in [-0.25, -0.2) is 0 Å². The van der Waals surface area contributed by atoms with Crippen LogP contribution in [-0.2, 0) is 4.79 Å². The normalized spacial score (nSPS) is 13.3. The van der Waals surface area contributed by atoms with Crippen LogP contribution in [0, 0.1) is 20.8 Å². The molecule has 3 heteroatoms. The predicted molar refractivity (Wildman–Crippen MR) is 93.7 cm³/mol. The molecule has 3 nitrogen and oxygen atoms in total. The van der Waals surface area contributed by atoms with Crippen LogP contribution in [0.25, 0.3) is 0 Å². The molecule has 1 N–H and O–H groups in total. The van der Waals surface area contributed by atoms with Gasteiger partial charge in [0.2, 0.25) is 0 Å². The summed E-state index contributed by atoms with van der Waals surface area (Å²) in [6, 6.07) is 14.0. The van der Waals surface area contributed by atoms with Gasteiger partial charge in [-0.2, -0.15) is 0 Å². The first-order valence-electron chi connectivity index (χ1n) is 7.97. The van der Waals surface area contributed by atoms with Crippen LogP contribution in [0.5, 0.6) is 5.75 Å². The molecule has 0 aromatic heterocycles. The molecule has 0 unspecified atom stereocenters. The van der Waals surface area contributed by atoms with Gasteiger partial charge in [0, 0.05) is 0 Å². The molecule has 0 aliphatic rings. The highest BCUT2D eigenvalue weighted by Crippen LogP contribution is 2.19. The molecule has 0 aliphatic heterocycles. The molecule has 122 valence electrons. The Balaban J connectivity index is 2.01. The minimum Gasteiger partial charge on any atom is -0.481 e. The highest BCUT2D eigenvalue weighted by molar-refractivity contribution is 5.81. The summed E-state index contributed by atoms with van der Waals surface area (Å²) in [5, 5.41) is 3.03. The van der Waals surface area contributed by atoms with E-state index in [4.69, 9.17) is 4.74 Å². The second kappa shape index (κ2) is 7.32. The van der Waals surface area contributed by atoms with Crippen molar-refractivity contribution < 1.29 is 9.53 Å². The van der Waals surface area contributed by atoms with Gasteiger partial charge in [0.1, 0.15) is 5.75 Å². The fourth-order valence-electron chi connectivity index (χ4n) is 2.58. The maximum atomic E-state index is 12.4. The lowest BCUT2D eigenvalue weighted by molar-refractivity contribution is -0.127. The molecule has 2 aromatic carbocycles. The maximum absolute atomic E-state index is 12.4. The molecule has 2 rings (SSSR count). The summed E-state index contributed by atoms with van der Waals surface area (Å²) in [7, 11) is 0. The standard InChI is InChI=1S/C20H25NO2/c1-13-7-6-8-18(11-13)23-17(5)20(22)21-16(4)19-12-14(2)9-10-15(19)3/h6-12,16-17H,1-5H3,(H,21,22)/t16-,17+/m1/s1. The number of hydrogen-bond acceptors (Lipinski definition) is 2. The van der Waals surface area contributed by atoms with Crippen molar-refractivity contribution in [3.8, 4) is 5.75 Å². The average Bonchev–Trinajstić information content (AvgIpc) is 2.49. The van der Waals surface area contributed by atoms with Crippen LogP contribution < -0.4 is 10.1 Å². The molecule has 0 bridgehead atoms. The van der Waals surface area contributed by atoms with E-state index in [1.54, 1.807) is 6.92 Å². The Hall–Kier alpha value is -2.29. The lowest BCUT2D eigenvalue weighted by Gasteiger charge is -2.20. The molecule has 23 heavy (non-hydrogen) atoms. The second-order valence-corrected chi connectivity index (χ2v) is 6.17. The summed E-state index contributed by atoms with van der Waals surface area (Å²) in [4.78, 5) is 12.4. The largest absolute Gasteiger partial charge is 0.481 e. The zero-order valence-electron chi connectivity index (χ0n) is 14.5. The smallest absolute Gasteiger partial charge is 0.261 e. The summed E-state index contributed by atoms with van der Waals surface area (Å²) in [5.41, 5.74) is 4.62. The van der Waals surface area contributed by atoms with Gasteiger partial charge in [0.15, 0.2) is 6.10 Å². The van der Waals surface area contributed by atoms with Crippen LogP contribution in [0.3, 0.4) is 0 Å². The van der Waals surface area contributed by atoms with E-state index < -0.39 is 6.10 Å². The fraction of sp³-hybridized carbons (Fsp3) is 0.350. The van der Waals surface area contributed by atoms with Gasteiger partial charge in [-0.05, 0) is 63.4 Å². The molecule has 0 saturated carbocycles. The van der Waals surface area contributed by atoms with Gasteiger partial charge >= 0.3 is 0 Å². The topological polar surface area (TPSA) is 38.3 Å². The fourth-order valence-corrected chi connectivity index (χ4v) is 2.58. The Morgan fingerprint density at radius 2 is 1.70 bits per heavy atom. The Kier molecular flexibility index (Phi) is 5.43. The highest BCUT2D eigenvalue weighted by Gasteiger charge is 2.18. The summed E-state index contributed by atoms with van der Waals surface area (Å²) in [5.74, 6) is 0.604. The minimum atomic E-state index is -0.538. The van der Waals surface area contributed by atoms with Gasteiger partial charge in [-0.1, -0.05) is 35.9 Å². The Morgan fingerprint density at radius 3 is 2.39 bits per heavy atom. The zero-order valence-corrected chi connectivity index (χ0v) is 14.5. The number of rotatable bonds is 5. The third-order valence-electron chi connectivity index (χ3n) is 3.93. The van der Waals surface area contributed by atoms with Crippen LogP contribution in [0.15, 0.2) is 42.5 Å². The third kappa shape index (κ3) is 4.59. The molecule has 1 amide bonds. The second-order valence-electron chi connectivity index (χ2n) is 6.17.